The number of esters is 4. The largest absolute Gasteiger partial charge is 0.459 e. The van der Waals surface area contributed by atoms with Gasteiger partial charge in [-0.3, -0.25) is 9.59 Å². The Morgan fingerprint density at radius 1 is 0.959 bits per heavy atom. The summed E-state index contributed by atoms with van der Waals surface area (Å²) < 4.78 is 29.6. The maximum Gasteiger partial charge on any atom is 0.340 e. The number of fused-ring (bicyclic) bond motifs is 5. The van der Waals surface area contributed by atoms with Crippen LogP contribution in [0.25, 0.3) is 0 Å². The van der Waals surface area contributed by atoms with E-state index in [-0.39, 0.29) is 29.7 Å². The van der Waals surface area contributed by atoms with E-state index in [1.54, 1.807) is 18.2 Å². The highest BCUT2D eigenvalue weighted by molar-refractivity contribution is 6.53. The van der Waals surface area contributed by atoms with Crippen molar-refractivity contribution in [3.8, 4) is 0 Å². The number of aliphatic hydroxyl groups excluding tert-OH is 1. The van der Waals surface area contributed by atoms with Crippen LogP contribution in [0.3, 0.4) is 0 Å². The van der Waals surface area contributed by atoms with Gasteiger partial charge in [-0.1, -0.05) is 78.5 Å². The van der Waals surface area contributed by atoms with Gasteiger partial charge in [0.15, 0.2) is 17.5 Å². The van der Waals surface area contributed by atoms with E-state index in [2.05, 4.69) is 0 Å². The molecule has 0 radical (unpaired) electrons. The highest BCUT2D eigenvalue weighted by atomic mass is 35.5. The quantitative estimate of drug-likeness (QED) is 0.178. The Morgan fingerprint density at radius 2 is 1.55 bits per heavy atom. The van der Waals surface area contributed by atoms with E-state index in [1.165, 1.54) is 39.8 Å². The first-order valence-electron chi connectivity index (χ1n) is 15.4. The third-order valence-electron chi connectivity index (χ3n) is 10.7. The molecule has 9 atom stereocenters. The van der Waals surface area contributed by atoms with Crippen LogP contribution in [0.2, 0.25) is 0 Å². The van der Waals surface area contributed by atoms with Gasteiger partial charge in [0.25, 0.3) is 0 Å². The zero-order valence-corrected chi connectivity index (χ0v) is 30.1. The third kappa shape index (κ3) is 5.94. The molecule has 1 aromatic carbocycles. The maximum atomic E-state index is 15.4. The summed E-state index contributed by atoms with van der Waals surface area (Å²) in [6.07, 6.45) is -8.38. The van der Waals surface area contributed by atoms with Gasteiger partial charge in [-0.25, -0.2) is 14.4 Å². The Bertz CT molecular complexity index is 1580. The van der Waals surface area contributed by atoms with Gasteiger partial charge in [0.1, 0.15) is 23.9 Å². The fourth-order valence-corrected chi connectivity index (χ4v) is 8.45. The lowest BCUT2D eigenvalue weighted by molar-refractivity contribution is -0.346. The molecule has 2 N–H and O–H groups in total. The van der Waals surface area contributed by atoms with Crippen molar-refractivity contribution in [2.45, 2.75) is 98.9 Å². The van der Waals surface area contributed by atoms with Gasteiger partial charge in [-0.2, -0.15) is 0 Å². The number of ether oxygens (including phenoxy) is 5. The van der Waals surface area contributed by atoms with Gasteiger partial charge in [0, 0.05) is 25.2 Å². The van der Waals surface area contributed by atoms with Crippen molar-refractivity contribution in [3.05, 3.63) is 47.0 Å². The molecule has 2 bridgehead atoms. The van der Waals surface area contributed by atoms with Gasteiger partial charge in [-0.15, -0.1) is 0 Å². The number of benzene rings is 1. The highest BCUT2D eigenvalue weighted by Gasteiger charge is 2.79. The molecule has 3 fully saturated rings. The molecule has 1 aliphatic heterocycles. The van der Waals surface area contributed by atoms with E-state index in [1.807, 2.05) is 0 Å². The van der Waals surface area contributed by atoms with Gasteiger partial charge in [0.05, 0.1) is 29.6 Å². The molecule has 4 aliphatic rings. The Labute approximate surface area is 302 Å². The van der Waals surface area contributed by atoms with Crippen LogP contribution in [0.4, 0.5) is 0 Å². The minimum absolute atomic E-state index is 0.0207. The van der Waals surface area contributed by atoms with E-state index < -0.39 is 104 Å². The van der Waals surface area contributed by atoms with E-state index in [9.17, 15) is 29.4 Å². The Balaban J connectivity index is 1.87. The zero-order chi connectivity index (χ0) is 36.4. The molecule has 3 aliphatic carbocycles. The normalized spacial score (nSPS) is 36.4. The minimum Gasteiger partial charge on any atom is -0.459 e. The van der Waals surface area contributed by atoms with Crippen molar-refractivity contribution in [1.29, 1.82) is 0 Å². The molecule has 1 heterocycles. The first-order chi connectivity index (χ1) is 22.7. The molecule has 0 aromatic heterocycles. The molecule has 5 rings (SSSR count). The molecule has 2 saturated carbocycles. The molecule has 1 aromatic rings. The number of Topliss-reactive ketones (excluding diaryl/α,β-unsaturated/α-hetero) is 1. The van der Waals surface area contributed by atoms with Crippen LogP contribution in [-0.4, -0.2) is 97.9 Å². The van der Waals surface area contributed by atoms with Crippen LogP contribution < -0.4 is 0 Å². The number of hydrogen-bond donors (Lipinski definition) is 2. The maximum absolute atomic E-state index is 15.4. The van der Waals surface area contributed by atoms with Crippen molar-refractivity contribution >= 4 is 76.1 Å². The number of aliphatic hydroxyl groups is 2. The first kappa shape index (κ1) is 37.8. The predicted molar refractivity (Wildman–Crippen MR) is 174 cm³/mol. The van der Waals surface area contributed by atoms with Crippen molar-refractivity contribution in [2.75, 3.05) is 6.61 Å². The number of rotatable bonds is 7. The predicted octanol–water partition coefficient (Wildman–Crippen LogP) is 3.79. The van der Waals surface area contributed by atoms with Crippen LogP contribution in [0.15, 0.2) is 41.5 Å². The molecular formula is C33H36Cl4O12. The van der Waals surface area contributed by atoms with Gasteiger partial charge < -0.3 is 33.9 Å². The average Bonchev–Trinajstić information content (AvgIpc) is 3.02. The van der Waals surface area contributed by atoms with Crippen LogP contribution >= 0.6 is 46.4 Å². The van der Waals surface area contributed by atoms with Crippen LogP contribution in [0.1, 0.15) is 57.8 Å². The van der Waals surface area contributed by atoms with Gasteiger partial charge >= 0.3 is 23.9 Å². The smallest absolute Gasteiger partial charge is 0.340 e. The minimum atomic E-state index is -2.29. The number of carbonyl (C=O) groups is 5. The summed E-state index contributed by atoms with van der Waals surface area (Å²) in [5.74, 6) is -6.57. The summed E-state index contributed by atoms with van der Waals surface area (Å²) in [5.41, 5.74) is -7.55. The molecule has 1 unspecified atom stereocenters. The summed E-state index contributed by atoms with van der Waals surface area (Å²) in [6, 6.07) is 7.82. The molecular weight excluding hydrogens is 730 g/mol. The summed E-state index contributed by atoms with van der Waals surface area (Å²) in [4.78, 5) is 64.7. The molecule has 49 heavy (non-hydrogen) atoms. The second kappa shape index (κ2) is 13.3. The molecule has 268 valence electrons. The average molecular weight is 766 g/mol. The highest BCUT2D eigenvalue weighted by Crippen LogP contribution is 2.64. The summed E-state index contributed by atoms with van der Waals surface area (Å²) in [7, 11) is 0. The fourth-order valence-electron chi connectivity index (χ4n) is 8.25. The Morgan fingerprint density at radius 3 is 2.08 bits per heavy atom. The Kier molecular flexibility index (Phi) is 10.2. The van der Waals surface area contributed by atoms with Crippen LogP contribution in [0, 0.1) is 16.7 Å². The molecule has 16 heteroatoms. The van der Waals surface area contributed by atoms with E-state index in [0.29, 0.717) is 0 Å². The third-order valence-corrected chi connectivity index (χ3v) is 11.5. The lowest BCUT2D eigenvalue weighted by Gasteiger charge is -2.67. The topological polar surface area (TPSA) is 172 Å². The summed E-state index contributed by atoms with van der Waals surface area (Å²) in [6.45, 7) is 6.75. The number of halogens is 4. The standard InChI is InChI=1S/C33H36Cl4O12/c1-14-17(39)12-33(44)24(48-27(41)16-9-7-6-8-10-16)22-31(5,23(40)21(20(14)30(33,3)4)47-29(43)26(36)37)18(46-28(42)25(34)35)11-19-32(22,13-45-19)49-15(2)38/h6-10,17-19,21-22,24-26,39,44H,11-13H2,1-5H3/t17?,18-,19+,21+,22-,24-,31+,32-,33+/m0/s1. The number of ketones is 1. The molecule has 0 spiro atoms. The number of alkyl halides is 4. The van der Waals surface area contributed by atoms with E-state index >= 15 is 4.79 Å². The van der Waals surface area contributed by atoms with E-state index in [4.69, 9.17) is 70.1 Å². The zero-order valence-electron chi connectivity index (χ0n) is 27.1. The van der Waals surface area contributed by atoms with Crippen molar-refractivity contribution in [3.63, 3.8) is 0 Å². The molecule has 0 amide bonds. The molecule has 12 nitrogen and oxygen atoms in total. The summed E-state index contributed by atoms with van der Waals surface area (Å²) in [5, 5.41) is 24.6. The van der Waals surface area contributed by atoms with Gasteiger partial charge in [0.2, 0.25) is 9.67 Å². The lowest BCUT2D eigenvalue weighted by Crippen LogP contribution is -2.82. The van der Waals surface area contributed by atoms with E-state index in [0.717, 1.165) is 6.92 Å². The van der Waals surface area contributed by atoms with Crippen molar-refractivity contribution in [2.24, 2.45) is 16.7 Å². The summed E-state index contributed by atoms with van der Waals surface area (Å²) >= 11 is 23.5. The Hall–Kier alpha value is -2.45. The fraction of sp³-hybridized carbons (Fsp3) is 0.606. The number of hydrogen-bond acceptors (Lipinski definition) is 12. The van der Waals surface area contributed by atoms with Gasteiger partial charge in [-0.05, 0) is 37.1 Å². The van der Waals surface area contributed by atoms with Crippen molar-refractivity contribution < 1.29 is 57.9 Å². The van der Waals surface area contributed by atoms with Crippen molar-refractivity contribution in [1.82, 2.24) is 0 Å². The molecule has 1 saturated heterocycles. The van der Waals surface area contributed by atoms with Crippen LogP contribution in [-0.2, 0) is 42.9 Å². The van der Waals surface area contributed by atoms with Crippen LogP contribution in [0.5, 0.6) is 0 Å². The SMILES string of the molecule is CC(=O)O[C@@]12CO[C@@H]1C[C@H](OC(=O)C(Cl)Cl)[C@@]1(C)C(=O)[C@H](OC(=O)C(Cl)Cl)C3=C(C)C(O)C[C@@](O)([C@@H](OC(=O)c4ccccc4)[C@H]21)C3(C)C. The first-order valence-corrected chi connectivity index (χ1v) is 17.2. The lowest BCUT2D eigenvalue weighted by atomic mass is 9.44. The second-order valence-corrected chi connectivity index (χ2v) is 15.8. The number of carbonyl (C=O) groups excluding carboxylic acids is 5. The monoisotopic (exact) mass is 764 g/mol. The second-order valence-electron chi connectivity index (χ2n) is 13.6.